The van der Waals surface area contributed by atoms with Crippen molar-refractivity contribution in [2.24, 2.45) is 0 Å². The maximum atomic E-state index is 11.2. The van der Waals surface area contributed by atoms with E-state index in [9.17, 15) is 4.79 Å². The van der Waals surface area contributed by atoms with Gasteiger partial charge in [-0.05, 0) is 16.8 Å². The normalized spacial score (nSPS) is 9.92. The van der Waals surface area contributed by atoms with Gasteiger partial charge in [-0.2, -0.15) is 0 Å². The van der Waals surface area contributed by atoms with E-state index in [-0.39, 0.29) is 5.95 Å². The molecule has 3 N–H and O–H groups in total. The Kier molecular flexibility index (Phi) is 3.18. The number of nitrogens with zero attached hydrogens (tertiary/aromatic N) is 4. The first kappa shape index (κ1) is 9.43. The van der Waals surface area contributed by atoms with Gasteiger partial charge in [0.25, 0.3) is 0 Å². The molecule has 0 unspecified atom stereocenters. The van der Waals surface area contributed by atoms with Crippen LogP contribution in [0.15, 0.2) is 0 Å². The first-order valence-corrected chi connectivity index (χ1v) is 4.07. The molecule has 72 valence electrons. The molecule has 1 aromatic heterocycles. The van der Waals surface area contributed by atoms with Gasteiger partial charge in [-0.25, -0.2) is 4.79 Å². The topological polar surface area (TPSA) is 98.7 Å². The quantitative estimate of drug-likeness (QED) is 0.492. The van der Waals surface area contributed by atoms with Crippen molar-refractivity contribution in [2.45, 2.75) is 19.8 Å². The molecular formula is C6H12N6O. The van der Waals surface area contributed by atoms with Crippen LogP contribution in [0.3, 0.4) is 0 Å². The molecule has 7 nitrogen and oxygen atoms in total. The molecule has 0 saturated carbocycles. The summed E-state index contributed by atoms with van der Waals surface area (Å²) in [5.74, 6) is -0.00556. The number of unbranched alkanes of at least 4 members (excludes halogenated alkanes) is 1. The Labute approximate surface area is 75.3 Å². The highest BCUT2D eigenvalue weighted by atomic mass is 16.2. The molecule has 1 heterocycles. The van der Waals surface area contributed by atoms with Gasteiger partial charge in [-0.1, -0.05) is 18.4 Å². The Bertz CT molecular complexity index is 282. The van der Waals surface area contributed by atoms with Crippen LogP contribution >= 0.6 is 0 Å². The summed E-state index contributed by atoms with van der Waals surface area (Å²) in [6, 6.07) is -0.393. The number of anilines is 1. The van der Waals surface area contributed by atoms with Crippen LogP contribution in [0.4, 0.5) is 10.7 Å². The summed E-state index contributed by atoms with van der Waals surface area (Å²) >= 11 is 0. The lowest BCUT2D eigenvalue weighted by Gasteiger charge is -2.02. The predicted molar refractivity (Wildman–Crippen MR) is 45.9 cm³/mol. The second kappa shape index (κ2) is 4.39. The fraction of sp³-hybridized carbons (Fsp3) is 0.667. The van der Waals surface area contributed by atoms with E-state index in [1.165, 1.54) is 0 Å². The number of amides is 1. The van der Waals surface area contributed by atoms with E-state index in [1.54, 1.807) is 0 Å². The Morgan fingerprint density at radius 1 is 1.69 bits per heavy atom. The molecule has 1 aromatic rings. The standard InChI is InChI=1S/C6H12N6O/c1-2-3-4-8-6(13)12-5(7)9-10-11-12/h2-4H2,1H3,(H,8,13)(H2,7,9,11). The van der Waals surface area contributed by atoms with Gasteiger partial charge in [-0.15, -0.1) is 4.68 Å². The minimum atomic E-state index is -0.393. The minimum Gasteiger partial charge on any atom is -0.366 e. The first-order valence-electron chi connectivity index (χ1n) is 4.07. The lowest BCUT2D eigenvalue weighted by atomic mass is 10.3. The monoisotopic (exact) mass is 184 g/mol. The Morgan fingerprint density at radius 2 is 2.46 bits per heavy atom. The molecule has 0 atom stereocenters. The van der Waals surface area contributed by atoms with Gasteiger partial charge < -0.3 is 11.1 Å². The van der Waals surface area contributed by atoms with Crippen molar-refractivity contribution < 1.29 is 4.79 Å². The van der Waals surface area contributed by atoms with Crippen LogP contribution in [0, 0.1) is 0 Å². The van der Waals surface area contributed by atoms with Gasteiger partial charge in [0, 0.05) is 6.54 Å². The number of nitrogen functional groups attached to an aromatic ring is 1. The molecule has 13 heavy (non-hydrogen) atoms. The SMILES string of the molecule is CCCCNC(=O)n1nnnc1N. The van der Waals surface area contributed by atoms with Crippen LogP contribution in [0.2, 0.25) is 0 Å². The van der Waals surface area contributed by atoms with Gasteiger partial charge in [-0.3, -0.25) is 0 Å². The fourth-order valence-corrected chi connectivity index (χ4v) is 0.786. The Morgan fingerprint density at radius 3 is 3.00 bits per heavy atom. The van der Waals surface area contributed by atoms with Gasteiger partial charge in [0.05, 0.1) is 0 Å². The summed E-state index contributed by atoms with van der Waals surface area (Å²) in [4.78, 5) is 11.2. The van der Waals surface area contributed by atoms with Crippen LogP contribution in [0.25, 0.3) is 0 Å². The number of nitrogens with two attached hydrogens (primary N) is 1. The molecule has 0 bridgehead atoms. The van der Waals surface area contributed by atoms with E-state index in [1.807, 2.05) is 6.92 Å². The van der Waals surface area contributed by atoms with E-state index in [2.05, 4.69) is 20.8 Å². The molecule has 0 radical (unpaired) electrons. The number of hydrogen-bond donors (Lipinski definition) is 2. The fourth-order valence-electron chi connectivity index (χ4n) is 0.786. The van der Waals surface area contributed by atoms with E-state index >= 15 is 0 Å². The Balaban J connectivity index is 2.45. The summed E-state index contributed by atoms with van der Waals surface area (Å²) < 4.78 is 0.926. The number of rotatable bonds is 3. The van der Waals surface area contributed by atoms with E-state index < -0.39 is 6.03 Å². The second-order valence-electron chi connectivity index (χ2n) is 2.53. The summed E-state index contributed by atoms with van der Waals surface area (Å²) in [6.07, 6.45) is 1.94. The van der Waals surface area contributed by atoms with Gasteiger partial charge in [0.1, 0.15) is 0 Å². The van der Waals surface area contributed by atoms with Crippen molar-refractivity contribution in [1.29, 1.82) is 0 Å². The van der Waals surface area contributed by atoms with E-state index in [0.717, 1.165) is 17.5 Å². The van der Waals surface area contributed by atoms with Crippen molar-refractivity contribution in [3.8, 4) is 0 Å². The molecule has 0 aliphatic heterocycles. The zero-order chi connectivity index (χ0) is 9.68. The molecule has 1 amide bonds. The van der Waals surface area contributed by atoms with Crippen LogP contribution in [0.5, 0.6) is 0 Å². The van der Waals surface area contributed by atoms with Gasteiger partial charge >= 0.3 is 6.03 Å². The molecule has 0 aromatic carbocycles. The summed E-state index contributed by atoms with van der Waals surface area (Å²) in [6.45, 7) is 2.65. The maximum Gasteiger partial charge on any atom is 0.346 e. The molecule has 0 spiro atoms. The zero-order valence-electron chi connectivity index (χ0n) is 7.40. The highest BCUT2D eigenvalue weighted by molar-refractivity contribution is 5.77. The first-order chi connectivity index (χ1) is 6.25. The maximum absolute atomic E-state index is 11.2. The number of carbonyl (C=O) groups excluding carboxylic acids is 1. The molecule has 0 aliphatic carbocycles. The minimum absolute atomic E-state index is 0.00556. The highest BCUT2D eigenvalue weighted by Crippen LogP contribution is 1.91. The predicted octanol–water partition coefficient (Wildman–Crippen LogP) is -0.387. The summed E-state index contributed by atoms with van der Waals surface area (Å²) in [5.41, 5.74) is 5.31. The molecule has 0 fully saturated rings. The number of carbonyl (C=O) groups is 1. The van der Waals surface area contributed by atoms with Crippen molar-refractivity contribution in [2.75, 3.05) is 12.3 Å². The zero-order valence-corrected chi connectivity index (χ0v) is 7.40. The number of hydrogen-bond acceptors (Lipinski definition) is 5. The van der Waals surface area contributed by atoms with Crippen LogP contribution < -0.4 is 11.1 Å². The average Bonchev–Trinajstić information content (AvgIpc) is 2.52. The van der Waals surface area contributed by atoms with Gasteiger partial charge in [0.15, 0.2) is 0 Å². The van der Waals surface area contributed by atoms with E-state index in [4.69, 9.17) is 5.73 Å². The lowest BCUT2D eigenvalue weighted by Crippen LogP contribution is -2.31. The third kappa shape index (κ3) is 2.39. The van der Waals surface area contributed by atoms with Crippen LogP contribution in [-0.2, 0) is 0 Å². The van der Waals surface area contributed by atoms with Crippen molar-refractivity contribution in [3.05, 3.63) is 0 Å². The molecule has 0 aliphatic rings. The van der Waals surface area contributed by atoms with Crippen molar-refractivity contribution >= 4 is 12.0 Å². The lowest BCUT2D eigenvalue weighted by molar-refractivity contribution is 0.239. The number of tetrazole rings is 1. The van der Waals surface area contributed by atoms with Crippen molar-refractivity contribution in [3.63, 3.8) is 0 Å². The highest BCUT2D eigenvalue weighted by Gasteiger charge is 2.08. The summed E-state index contributed by atoms with van der Waals surface area (Å²) in [7, 11) is 0. The molecule has 1 rings (SSSR count). The molecule has 7 heteroatoms. The average molecular weight is 184 g/mol. The Hall–Kier alpha value is -1.66. The number of aromatic nitrogens is 4. The third-order valence-electron chi connectivity index (χ3n) is 1.49. The van der Waals surface area contributed by atoms with E-state index in [0.29, 0.717) is 6.54 Å². The third-order valence-corrected chi connectivity index (χ3v) is 1.49. The summed E-state index contributed by atoms with van der Waals surface area (Å²) in [5, 5.41) is 12.7. The second-order valence-corrected chi connectivity index (χ2v) is 2.53. The van der Waals surface area contributed by atoms with Crippen molar-refractivity contribution in [1.82, 2.24) is 25.5 Å². The molecular weight excluding hydrogens is 172 g/mol. The largest absolute Gasteiger partial charge is 0.366 e. The van der Waals surface area contributed by atoms with Crippen LogP contribution in [0.1, 0.15) is 19.8 Å². The number of nitrogens with one attached hydrogen (secondary N) is 1. The molecule has 0 saturated heterocycles. The smallest absolute Gasteiger partial charge is 0.346 e. The van der Waals surface area contributed by atoms with Gasteiger partial charge in [0.2, 0.25) is 5.95 Å². The van der Waals surface area contributed by atoms with Crippen LogP contribution in [-0.4, -0.2) is 32.8 Å².